The average molecular weight is 473 g/mol. The van der Waals surface area contributed by atoms with Crippen LogP contribution in [-0.2, 0) is 11.2 Å². The smallest absolute Gasteiger partial charge is 0.303 e. The summed E-state index contributed by atoms with van der Waals surface area (Å²) in [5, 5.41) is 11.8. The summed E-state index contributed by atoms with van der Waals surface area (Å²) >= 11 is 0. The zero-order valence-electron chi connectivity index (χ0n) is 19.2. The van der Waals surface area contributed by atoms with Crippen molar-refractivity contribution in [2.24, 2.45) is 0 Å². The SMILES string of the molecule is C[C@@H](NC(=O)c1ccc2nc(-c3ccccc3)c(CCCCC(=O)O)nc2c1)c1ccc(F)cn1. The topological polar surface area (TPSA) is 105 Å². The predicted octanol–water partition coefficient (Wildman–Crippen LogP) is 5.12. The molecule has 0 aliphatic carbocycles. The van der Waals surface area contributed by atoms with Gasteiger partial charge in [0.05, 0.1) is 40.4 Å². The van der Waals surface area contributed by atoms with Gasteiger partial charge < -0.3 is 10.4 Å². The van der Waals surface area contributed by atoms with Crippen LogP contribution in [0.4, 0.5) is 4.39 Å². The summed E-state index contributed by atoms with van der Waals surface area (Å²) in [6, 6.07) is 17.3. The van der Waals surface area contributed by atoms with Crippen LogP contribution in [0, 0.1) is 5.82 Å². The fourth-order valence-electron chi connectivity index (χ4n) is 3.80. The van der Waals surface area contributed by atoms with E-state index in [1.807, 2.05) is 30.3 Å². The number of hydrogen-bond donors (Lipinski definition) is 2. The number of carbonyl (C=O) groups excluding carboxylic acids is 1. The van der Waals surface area contributed by atoms with Gasteiger partial charge in [0.25, 0.3) is 5.91 Å². The van der Waals surface area contributed by atoms with Crippen LogP contribution in [0.1, 0.15) is 54.0 Å². The Hall–Kier alpha value is -4.20. The molecule has 35 heavy (non-hydrogen) atoms. The Bertz CT molecular complexity index is 1340. The van der Waals surface area contributed by atoms with Gasteiger partial charge in [-0.05, 0) is 56.5 Å². The molecule has 4 rings (SSSR count). The highest BCUT2D eigenvalue weighted by Crippen LogP contribution is 2.25. The van der Waals surface area contributed by atoms with Crippen molar-refractivity contribution in [3.05, 3.63) is 89.6 Å². The second-order valence-electron chi connectivity index (χ2n) is 8.29. The van der Waals surface area contributed by atoms with E-state index in [2.05, 4.69) is 10.3 Å². The van der Waals surface area contributed by atoms with E-state index in [0.29, 0.717) is 41.6 Å². The number of nitrogens with zero attached hydrogens (tertiary/aromatic N) is 3. The molecule has 2 N–H and O–H groups in total. The van der Waals surface area contributed by atoms with Gasteiger partial charge in [-0.3, -0.25) is 14.6 Å². The first-order chi connectivity index (χ1) is 16.9. The molecule has 1 amide bonds. The predicted molar refractivity (Wildman–Crippen MR) is 130 cm³/mol. The second kappa shape index (κ2) is 10.8. The minimum Gasteiger partial charge on any atom is -0.481 e. The standard InChI is InChI=1S/C27H25FN4O3/c1-17(21-14-12-20(28)16-29-21)30-27(35)19-11-13-22-24(15-19)31-23(9-5-6-10-25(33)34)26(32-22)18-7-3-2-4-8-18/h2-4,7-8,11-17H,5-6,9-10H2,1H3,(H,30,35)(H,33,34)/t17-/m1/s1. The number of unbranched alkanes of at least 4 members (excludes halogenated alkanes) is 1. The second-order valence-corrected chi connectivity index (χ2v) is 8.29. The number of pyridine rings is 1. The lowest BCUT2D eigenvalue weighted by atomic mass is 10.0. The largest absolute Gasteiger partial charge is 0.481 e. The van der Waals surface area contributed by atoms with Gasteiger partial charge in [-0.2, -0.15) is 0 Å². The molecule has 2 heterocycles. The van der Waals surface area contributed by atoms with E-state index < -0.39 is 17.8 Å². The van der Waals surface area contributed by atoms with Crippen LogP contribution < -0.4 is 5.32 Å². The van der Waals surface area contributed by atoms with Gasteiger partial charge in [0.2, 0.25) is 0 Å². The third-order valence-corrected chi connectivity index (χ3v) is 5.64. The third kappa shape index (κ3) is 6.03. The average Bonchev–Trinajstić information content (AvgIpc) is 2.86. The van der Waals surface area contributed by atoms with Crippen molar-refractivity contribution in [3.63, 3.8) is 0 Å². The Labute approximate surface area is 202 Å². The Balaban J connectivity index is 1.61. The van der Waals surface area contributed by atoms with Crippen molar-refractivity contribution in [1.29, 1.82) is 0 Å². The molecule has 7 nitrogen and oxygen atoms in total. The summed E-state index contributed by atoms with van der Waals surface area (Å²) in [5.41, 5.74) is 4.65. The van der Waals surface area contributed by atoms with Crippen molar-refractivity contribution in [3.8, 4) is 11.3 Å². The molecule has 1 atom stereocenters. The summed E-state index contributed by atoms with van der Waals surface area (Å²) in [4.78, 5) is 37.4. The monoisotopic (exact) mass is 472 g/mol. The zero-order chi connectivity index (χ0) is 24.8. The van der Waals surface area contributed by atoms with Gasteiger partial charge in [0, 0.05) is 17.5 Å². The number of nitrogens with one attached hydrogen (secondary N) is 1. The fraction of sp³-hybridized carbons (Fsp3) is 0.222. The Morgan fingerprint density at radius 3 is 2.51 bits per heavy atom. The normalized spacial score (nSPS) is 11.8. The maximum absolute atomic E-state index is 13.1. The number of aromatic nitrogens is 3. The number of hydrogen-bond acceptors (Lipinski definition) is 5. The van der Waals surface area contributed by atoms with E-state index in [0.717, 1.165) is 23.1 Å². The van der Waals surface area contributed by atoms with E-state index in [-0.39, 0.29) is 12.3 Å². The van der Waals surface area contributed by atoms with Crippen molar-refractivity contribution in [2.45, 2.75) is 38.6 Å². The minimum absolute atomic E-state index is 0.104. The number of aliphatic carboxylic acids is 1. The maximum atomic E-state index is 13.1. The molecule has 8 heteroatoms. The van der Waals surface area contributed by atoms with E-state index in [1.165, 1.54) is 12.1 Å². The lowest BCUT2D eigenvalue weighted by Gasteiger charge is -2.14. The van der Waals surface area contributed by atoms with Gasteiger partial charge in [-0.1, -0.05) is 30.3 Å². The fourth-order valence-corrected chi connectivity index (χ4v) is 3.80. The number of halogens is 1. The van der Waals surface area contributed by atoms with Crippen LogP contribution in [0.25, 0.3) is 22.3 Å². The maximum Gasteiger partial charge on any atom is 0.303 e. The molecule has 0 aliphatic rings. The van der Waals surface area contributed by atoms with Gasteiger partial charge in [-0.25, -0.2) is 14.4 Å². The number of benzene rings is 2. The van der Waals surface area contributed by atoms with E-state index in [1.54, 1.807) is 25.1 Å². The highest BCUT2D eigenvalue weighted by molar-refractivity contribution is 5.97. The summed E-state index contributed by atoms with van der Waals surface area (Å²) in [6.45, 7) is 1.78. The van der Waals surface area contributed by atoms with E-state index in [4.69, 9.17) is 15.1 Å². The quantitative estimate of drug-likeness (QED) is 0.328. The van der Waals surface area contributed by atoms with Crippen molar-refractivity contribution < 1.29 is 19.1 Å². The van der Waals surface area contributed by atoms with Crippen molar-refractivity contribution >= 4 is 22.9 Å². The lowest BCUT2D eigenvalue weighted by Crippen LogP contribution is -2.27. The summed E-state index contributed by atoms with van der Waals surface area (Å²) < 4.78 is 13.1. The molecular formula is C27H25FN4O3. The van der Waals surface area contributed by atoms with E-state index in [9.17, 15) is 14.0 Å². The summed E-state index contributed by atoms with van der Waals surface area (Å²) in [7, 11) is 0. The minimum atomic E-state index is -0.821. The number of carbonyl (C=O) groups is 2. The Morgan fingerprint density at radius 1 is 1.00 bits per heavy atom. The van der Waals surface area contributed by atoms with Gasteiger partial charge >= 0.3 is 5.97 Å². The molecular weight excluding hydrogens is 447 g/mol. The highest BCUT2D eigenvalue weighted by Gasteiger charge is 2.16. The molecule has 0 aliphatic heterocycles. The molecule has 0 unspecified atom stereocenters. The first kappa shape index (κ1) is 23.9. The number of fused-ring (bicyclic) bond motifs is 1. The molecule has 2 aromatic heterocycles. The van der Waals surface area contributed by atoms with Gasteiger partial charge in [0.15, 0.2) is 0 Å². The summed E-state index contributed by atoms with van der Waals surface area (Å²) in [6.07, 6.45) is 3.00. The van der Waals surface area contributed by atoms with Crippen LogP contribution in [0.5, 0.6) is 0 Å². The van der Waals surface area contributed by atoms with Crippen LogP contribution in [0.15, 0.2) is 66.9 Å². The number of carboxylic acid groups (broad SMARTS) is 1. The van der Waals surface area contributed by atoms with Crippen molar-refractivity contribution in [1.82, 2.24) is 20.3 Å². The molecule has 4 aromatic rings. The molecule has 0 spiro atoms. The van der Waals surface area contributed by atoms with E-state index >= 15 is 0 Å². The molecule has 0 saturated carbocycles. The molecule has 0 saturated heterocycles. The first-order valence-electron chi connectivity index (χ1n) is 11.4. The number of carboxylic acids is 1. The lowest BCUT2D eigenvalue weighted by molar-refractivity contribution is -0.137. The number of amides is 1. The molecule has 0 fully saturated rings. The van der Waals surface area contributed by atoms with Crippen LogP contribution in [0.2, 0.25) is 0 Å². The van der Waals surface area contributed by atoms with Crippen LogP contribution in [-0.4, -0.2) is 31.9 Å². The third-order valence-electron chi connectivity index (χ3n) is 5.64. The van der Waals surface area contributed by atoms with Crippen LogP contribution >= 0.6 is 0 Å². The summed E-state index contributed by atoms with van der Waals surface area (Å²) in [5.74, 6) is -1.56. The number of aryl methyl sites for hydroxylation is 1. The Kier molecular flexibility index (Phi) is 7.40. The Morgan fingerprint density at radius 2 is 1.80 bits per heavy atom. The first-order valence-corrected chi connectivity index (χ1v) is 11.4. The molecule has 0 bridgehead atoms. The number of rotatable bonds is 9. The van der Waals surface area contributed by atoms with Crippen LogP contribution in [0.3, 0.4) is 0 Å². The molecule has 0 radical (unpaired) electrons. The molecule has 2 aromatic carbocycles. The van der Waals surface area contributed by atoms with Crippen molar-refractivity contribution in [2.75, 3.05) is 0 Å². The van der Waals surface area contributed by atoms with Gasteiger partial charge in [-0.15, -0.1) is 0 Å². The molecule has 178 valence electrons. The van der Waals surface area contributed by atoms with Gasteiger partial charge in [0.1, 0.15) is 5.82 Å². The highest BCUT2D eigenvalue weighted by atomic mass is 19.1. The zero-order valence-corrected chi connectivity index (χ0v) is 19.2.